The molecule has 0 saturated heterocycles. The number of allylic oxidation sites excluding steroid dienone is 4. The van der Waals surface area contributed by atoms with Gasteiger partial charge in [-0.05, 0) is 91.2 Å². The molecule has 0 spiro atoms. The molecular weight excluding hydrogens is 432 g/mol. The number of aromatic amines is 1. The molecule has 1 saturated carbocycles. The number of esters is 1. The Hall–Kier alpha value is -3.53. The van der Waals surface area contributed by atoms with E-state index >= 15 is 0 Å². The van der Waals surface area contributed by atoms with Crippen LogP contribution < -0.4 is 5.32 Å². The van der Waals surface area contributed by atoms with Gasteiger partial charge >= 0.3 is 5.97 Å². The minimum absolute atomic E-state index is 0.0294. The van der Waals surface area contributed by atoms with Gasteiger partial charge < -0.3 is 15.0 Å². The van der Waals surface area contributed by atoms with Gasteiger partial charge in [-0.3, -0.25) is 0 Å². The molecule has 3 aliphatic rings. The minimum atomic E-state index is -0.192. The van der Waals surface area contributed by atoms with Crippen LogP contribution in [0.15, 0.2) is 95.5 Å². The van der Waals surface area contributed by atoms with Gasteiger partial charge in [-0.2, -0.15) is 0 Å². The van der Waals surface area contributed by atoms with Crippen molar-refractivity contribution in [3.63, 3.8) is 0 Å². The van der Waals surface area contributed by atoms with Crippen molar-refractivity contribution in [2.75, 3.05) is 0 Å². The molecule has 2 aromatic carbocycles. The predicted octanol–water partition coefficient (Wildman–Crippen LogP) is 7.00. The fraction of sp³-hybridized carbons (Fsp3) is 0.323. The molecule has 3 aromatic rings. The fourth-order valence-electron chi connectivity index (χ4n) is 6.23. The van der Waals surface area contributed by atoms with Crippen molar-refractivity contribution < 1.29 is 9.53 Å². The maximum absolute atomic E-state index is 13.6. The van der Waals surface area contributed by atoms with Crippen LogP contribution in [0, 0.1) is 0 Å². The summed E-state index contributed by atoms with van der Waals surface area (Å²) in [5, 5.41) is 4.79. The second-order valence-corrected chi connectivity index (χ2v) is 10.2. The Bertz CT molecular complexity index is 1350. The first kappa shape index (κ1) is 22.0. The summed E-state index contributed by atoms with van der Waals surface area (Å²) in [5.74, 6) is 0.00127. The van der Waals surface area contributed by atoms with E-state index in [-0.39, 0.29) is 18.0 Å². The Kier molecular flexibility index (Phi) is 5.60. The largest absolute Gasteiger partial charge is 0.459 e. The zero-order chi connectivity index (χ0) is 23.9. The Balaban J connectivity index is 1.43. The third kappa shape index (κ3) is 4.01. The molecule has 1 aliphatic heterocycles. The second-order valence-electron chi connectivity index (χ2n) is 10.2. The molecule has 178 valence electrons. The number of carbonyl (C=O) groups excluding carboxylic acids is 1. The van der Waals surface area contributed by atoms with E-state index in [1.54, 1.807) is 0 Å². The SMILES string of the molecule is C=C1CC(c2ccccc2)CC2=C1C(c1ccc3cc[nH]c3c1)C(C(=O)OC1CCCC1)=C(C)N2. The van der Waals surface area contributed by atoms with E-state index in [1.165, 1.54) is 16.6 Å². The van der Waals surface area contributed by atoms with Crippen molar-refractivity contribution in [1.82, 2.24) is 10.3 Å². The Morgan fingerprint density at radius 1 is 1.00 bits per heavy atom. The summed E-state index contributed by atoms with van der Waals surface area (Å²) in [6, 6.07) is 19.2. The number of aromatic nitrogens is 1. The van der Waals surface area contributed by atoms with Crippen LogP contribution >= 0.6 is 0 Å². The number of carbonyl (C=O) groups is 1. The lowest BCUT2D eigenvalue weighted by molar-refractivity contribution is -0.144. The molecule has 2 heterocycles. The van der Waals surface area contributed by atoms with Crippen LogP contribution in [0.1, 0.15) is 68.4 Å². The maximum Gasteiger partial charge on any atom is 0.337 e. The number of hydrogen-bond donors (Lipinski definition) is 2. The van der Waals surface area contributed by atoms with Gasteiger partial charge in [-0.15, -0.1) is 0 Å². The third-order valence-electron chi connectivity index (χ3n) is 7.95. The smallest absolute Gasteiger partial charge is 0.337 e. The average Bonchev–Trinajstić information content (AvgIpc) is 3.55. The monoisotopic (exact) mass is 464 g/mol. The van der Waals surface area contributed by atoms with Gasteiger partial charge in [-0.1, -0.05) is 49.0 Å². The molecule has 4 nitrogen and oxygen atoms in total. The molecule has 1 fully saturated rings. The van der Waals surface area contributed by atoms with Crippen LogP contribution in [0.5, 0.6) is 0 Å². The first-order chi connectivity index (χ1) is 17.1. The predicted molar refractivity (Wildman–Crippen MR) is 140 cm³/mol. The van der Waals surface area contributed by atoms with E-state index in [4.69, 9.17) is 4.74 Å². The maximum atomic E-state index is 13.6. The summed E-state index contributed by atoms with van der Waals surface area (Å²) in [6.07, 6.45) is 7.97. The van der Waals surface area contributed by atoms with E-state index in [2.05, 4.69) is 71.5 Å². The molecule has 2 unspecified atom stereocenters. The van der Waals surface area contributed by atoms with Gasteiger partial charge in [-0.25, -0.2) is 4.79 Å². The molecule has 2 aliphatic carbocycles. The molecule has 1 aromatic heterocycles. The van der Waals surface area contributed by atoms with Gasteiger partial charge in [0, 0.05) is 29.0 Å². The van der Waals surface area contributed by atoms with Crippen LogP contribution in [0.4, 0.5) is 0 Å². The van der Waals surface area contributed by atoms with Crippen LogP contribution in [-0.2, 0) is 9.53 Å². The zero-order valence-corrected chi connectivity index (χ0v) is 20.3. The van der Waals surface area contributed by atoms with Crippen LogP contribution in [0.25, 0.3) is 10.9 Å². The Morgan fingerprint density at radius 2 is 1.80 bits per heavy atom. The number of hydrogen-bond acceptors (Lipinski definition) is 3. The van der Waals surface area contributed by atoms with Gasteiger partial charge in [0.1, 0.15) is 6.10 Å². The number of benzene rings is 2. The number of fused-ring (bicyclic) bond motifs is 1. The summed E-state index contributed by atoms with van der Waals surface area (Å²) >= 11 is 0. The van der Waals surface area contributed by atoms with Gasteiger partial charge in [0.25, 0.3) is 0 Å². The molecule has 0 bridgehead atoms. The highest BCUT2D eigenvalue weighted by atomic mass is 16.5. The third-order valence-corrected chi connectivity index (χ3v) is 7.95. The Morgan fingerprint density at radius 3 is 2.60 bits per heavy atom. The number of dihydropyridines is 1. The van der Waals surface area contributed by atoms with E-state index in [1.807, 2.05) is 13.1 Å². The first-order valence-electron chi connectivity index (χ1n) is 12.8. The minimum Gasteiger partial charge on any atom is -0.459 e. The fourth-order valence-corrected chi connectivity index (χ4v) is 6.23. The lowest BCUT2D eigenvalue weighted by Crippen LogP contribution is -2.34. The number of H-pyrrole nitrogens is 1. The van der Waals surface area contributed by atoms with E-state index in [9.17, 15) is 4.79 Å². The van der Waals surface area contributed by atoms with Crippen molar-refractivity contribution >= 4 is 16.9 Å². The van der Waals surface area contributed by atoms with E-state index < -0.39 is 0 Å². The molecule has 2 atom stereocenters. The molecule has 0 radical (unpaired) electrons. The van der Waals surface area contributed by atoms with Crippen molar-refractivity contribution in [1.29, 1.82) is 0 Å². The standard InChI is InChI=1S/C31H32N2O2/c1-19-16-24(21-8-4-3-5-9-21)18-27-28(19)30(23-13-12-22-14-15-32-26(22)17-23)29(20(2)33-27)31(34)35-25-10-6-7-11-25/h3-5,8-9,12-15,17,24-25,30,32-33H,1,6-7,10-11,16,18H2,2H3. The van der Waals surface area contributed by atoms with Crippen molar-refractivity contribution in [2.45, 2.75) is 63.4 Å². The number of nitrogens with one attached hydrogen (secondary N) is 2. The lowest BCUT2D eigenvalue weighted by Gasteiger charge is -2.39. The Labute approximate surface area is 206 Å². The quantitative estimate of drug-likeness (QED) is 0.409. The number of ether oxygens (including phenoxy) is 1. The normalized spacial score (nSPS) is 22.9. The van der Waals surface area contributed by atoms with E-state index in [0.29, 0.717) is 5.92 Å². The average molecular weight is 465 g/mol. The summed E-state index contributed by atoms with van der Waals surface area (Å²) in [6.45, 7) is 6.56. The van der Waals surface area contributed by atoms with Gasteiger partial charge in [0.05, 0.1) is 5.57 Å². The van der Waals surface area contributed by atoms with Crippen LogP contribution in [0.3, 0.4) is 0 Å². The summed E-state index contributed by atoms with van der Waals surface area (Å²) < 4.78 is 6.05. The number of rotatable bonds is 4. The molecular formula is C31H32N2O2. The van der Waals surface area contributed by atoms with Crippen molar-refractivity contribution in [3.8, 4) is 0 Å². The molecule has 4 heteroatoms. The summed E-state index contributed by atoms with van der Waals surface area (Å²) in [7, 11) is 0. The van der Waals surface area contributed by atoms with E-state index in [0.717, 1.165) is 72.0 Å². The van der Waals surface area contributed by atoms with Gasteiger partial charge in [0.15, 0.2) is 0 Å². The van der Waals surface area contributed by atoms with Crippen LogP contribution in [-0.4, -0.2) is 17.1 Å². The first-order valence-corrected chi connectivity index (χ1v) is 12.8. The van der Waals surface area contributed by atoms with Crippen LogP contribution in [0.2, 0.25) is 0 Å². The highest BCUT2D eigenvalue weighted by Crippen LogP contribution is 2.49. The zero-order valence-electron chi connectivity index (χ0n) is 20.3. The summed E-state index contributed by atoms with van der Waals surface area (Å²) in [4.78, 5) is 17.0. The van der Waals surface area contributed by atoms with Crippen molar-refractivity contribution in [2.24, 2.45) is 0 Å². The van der Waals surface area contributed by atoms with Crippen molar-refractivity contribution in [3.05, 3.63) is 107 Å². The topological polar surface area (TPSA) is 54.1 Å². The highest BCUT2D eigenvalue weighted by Gasteiger charge is 2.40. The van der Waals surface area contributed by atoms with Gasteiger partial charge in [0.2, 0.25) is 0 Å². The molecule has 2 N–H and O–H groups in total. The molecule has 35 heavy (non-hydrogen) atoms. The molecule has 0 amide bonds. The second kappa shape index (κ2) is 8.92. The highest BCUT2D eigenvalue weighted by molar-refractivity contribution is 5.94. The molecule has 6 rings (SSSR count). The lowest BCUT2D eigenvalue weighted by atomic mass is 9.70. The summed E-state index contributed by atoms with van der Waals surface area (Å²) in [5.41, 5.74) is 8.57.